The molecule has 0 aliphatic carbocycles. The van der Waals surface area contributed by atoms with Gasteiger partial charge in [-0.15, -0.1) is 0 Å². The van der Waals surface area contributed by atoms with Gasteiger partial charge in [-0.2, -0.15) is 0 Å². The molecule has 0 fully saturated rings. The first-order chi connectivity index (χ1) is 14.1. The SMILES string of the molecule is CCOP(=O)(OCC)c1ccc(Cn2c(NC)nc3cc4c(cc32)OCO4)cc1. The van der Waals surface area contributed by atoms with E-state index in [1.165, 1.54) is 0 Å². The van der Waals surface area contributed by atoms with E-state index in [1.54, 1.807) is 26.0 Å². The van der Waals surface area contributed by atoms with Crippen LogP contribution in [0.25, 0.3) is 11.0 Å². The maximum Gasteiger partial charge on any atom is 0.361 e. The molecule has 0 unspecified atom stereocenters. The molecule has 0 spiro atoms. The molecule has 1 aliphatic rings. The molecule has 4 rings (SSSR count). The molecule has 2 heterocycles. The lowest BCUT2D eigenvalue weighted by Gasteiger charge is -2.17. The second-order valence-electron chi connectivity index (χ2n) is 6.47. The molecule has 0 saturated carbocycles. The summed E-state index contributed by atoms with van der Waals surface area (Å²) in [4.78, 5) is 4.64. The van der Waals surface area contributed by atoms with Crippen molar-refractivity contribution in [2.24, 2.45) is 0 Å². The molecule has 0 radical (unpaired) electrons. The Morgan fingerprint density at radius 1 is 1.10 bits per heavy atom. The summed E-state index contributed by atoms with van der Waals surface area (Å²) in [5.74, 6) is 2.16. The van der Waals surface area contributed by atoms with Crippen molar-refractivity contribution in [2.75, 3.05) is 32.4 Å². The normalized spacial score (nSPS) is 13.2. The minimum Gasteiger partial charge on any atom is -0.454 e. The van der Waals surface area contributed by atoms with E-state index >= 15 is 0 Å². The molecule has 2 aromatic carbocycles. The Morgan fingerprint density at radius 2 is 1.76 bits per heavy atom. The van der Waals surface area contributed by atoms with Crippen molar-refractivity contribution >= 4 is 29.9 Å². The summed E-state index contributed by atoms with van der Waals surface area (Å²) in [5.41, 5.74) is 2.80. The first-order valence-corrected chi connectivity index (χ1v) is 11.1. The largest absolute Gasteiger partial charge is 0.454 e. The molecule has 8 nitrogen and oxygen atoms in total. The highest BCUT2D eigenvalue weighted by atomic mass is 31.2. The molecule has 0 atom stereocenters. The van der Waals surface area contributed by atoms with Crippen molar-refractivity contribution < 1.29 is 23.1 Å². The highest BCUT2D eigenvalue weighted by Crippen LogP contribution is 2.46. The quantitative estimate of drug-likeness (QED) is 0.559. The standard InChI is InChI=1S/C20H24N3O5P/c1-4-27-29(24,28-5-2)15-8-6-14(7-9-15)12-23-17-11-19-18(25-13-26-19)10-16(17)22-20(23)21-3/h6-11H,4-5,12-13H2,1-3H3,(H,21,22). The van der Waals surface area contributed by atoms with E-state index in [1.807, 2.05) is 31.3 Å². The summed E-state index contributed by atoms with van der Waals surface area (Å²) in [6, 6.07) is 11.3. The number of ether oxygens (including phenoxy) is 2. The van der Waals surface area contributed by atoms with Crippen LogP contribution in [0.2, 0.25) is 0 Å². The molecule has 1 aromatic heterocycles. The Morgan fingerprint density at radius 3 is 2.38 bits per heavy atom. The minimum absolute atomic E-state index is 0.224. The Kier molecular flexibility index (Phi) is 5.50. The van der Waals surface area contributed by atoms with E-state index in [9.17, 15) is 4.57 Å². The van der Waals surface area contributed by atoms with Crippen LogP contribution in [0, 0.1) is 0 Å². The van der Waals surface area contributed by atoms with Gasteiger partial charge in [0.05, 0.1) is 36.1 Å². The fourth-order valence-corrected chi connectivity index (χ4v) is 4.93. The zero-order valence-electron chi connectivity index (χ0n) is 16.7. The van der Waals surface area contributed by atoms with Crippen molar-refractivity contribution in [3.05, 3.63) is 42.0 Å². The first-order valence-electron chi connectivity index (χ1n) is 9.54. The molecule has 0 amide bonds. The zero-order chi connectivity index (χ0) is 20.4. The van der Waals surface area contributed by atoms with Gasteiger partial charge in [0.1, 0.15) is 0 Å². The van der Waals surface area contributed by atoms with Gasteiger partial charge in [0, 0.05) is 19.2 Å². The van der Waals surface area contributed by atoms with Crippen molar-refractivity contribution in [3.8, 4) is 11.5 Å². The van der Waals surface area contributed by atoms with Gasteiger partial charge in [0.15, 0.2) is 11.5 Å². The van der Waals surface area contributed by atoms with Crippen LogP contribution >= 0.6 is 7.60 Å². The van der Waals surface area contributed by atoms with Gasteiger partial charge in [-0.05, 0) is 31.5 Å². The second-order valence-corrected chi connectivity index (χ2v) is 8.49. The number of aromatic nitrogens is 2. The number of hydrogen-bond donors (Lipinski definition) is 1. The lowest BCUT2D eigenvalue weighted by Crippen LogP contribution is -2.11. The third-order valence-electron chi connectivity index (χ3n) is 4.66. The maximum absolute atomic E-state index is 12.9. The molecule has 1 N–H and O–H groups in total. The summed E-state index contributed by atoms with van der Waals surface area (Å²) >= 11 is 0. The third-order valence-corrected chi connectivity index (χ3v) is 6.78. The van der Waals surface area contributed by atoms with E-state index in [-0.39, 0.29) is 6.79 Å². The van der Waals surface area contributed by atoms with Crippen molar-refractivity contribution in [1.82, 2.24) is 9.55 Å². The molecule has 9 heteroatoms. The van der Waals surface area contributed by atoms with Gasteiger partial charge in [-0.1, -0.05) is 12.1 Å². The number of fused-ring (bicyclic) bond motifs is 2. The van der Waals surface area contributed by atoms with Crippen LogP contribution < -0.4 is 20.1 Å². The number of nitrogens with one attached hydrogen (secondary N) is 1. The lowest BCUT2D eigenvalue weighted by molar-refractivity contribution is 0.174. The Hall–Kier alpha value is -2.54. The van der Waals surface area contributed by atoms with Gasteiger partial charge in [-0.3, -0.25) is 4.57 Å². The summed E-state index contributed by atoms with van der Waals surface area (Å²) in [7, 11) is -1.45. The summed E-state index contributed by atoms with van der Waals surface area (Å²) in [6.45, 7) is 5.05. The summed E-state index contributed by atoms with van der Waals surface area (Å²) in [5, 5.41) is 3.69. The summed E-state index contributed by atoms with van der Waals surface area (Å²) in [6.07, 6.45) is 0. The fourth-order valence-electron chi connectivity index (χ4n) is 3.36. The topological polar surface area (TPSA) is 83.8 Å². The Balaban J connectivity index is 1.65. The van der Waals surface area contributed by atoms with E-state index < -0.39 is 7.60 Å². The van der Waals surface area contributed by atoms with Gasteiger partial charge in [-0.25, -0.2) is 4.98 Å². The predicted molar refractivity (Wildman–Crippen MR) is 111 cm³/mol. The van der Waals surface area contributed by atoms with Crippen molar-refractivity contribution in [1.29, 1.82) is 0 Å². The number of anilines is 1. The first kappa shape index (κ1) is 19.8. The van der Waals surface area contributed by atoms with Gasteiger partial charge >= 0.3 is 7.60 Å². The van der Waals surface area contributed by atoms with Crippen LogP contribution in [0.3, 0.4) is 0 Å². The zero-order valence-corrected chi connectivity index (χ0v) is 17.6. The molecule has 0 bridgehead atoms. The van der Waals surface area contributed by atoms with Gasteiger partial charge in [0.2, 0.25) is 12.7 Å². The maximum atomic E-state index is 12.9. The van der Waals surface area contributed by atoms with Crippen LogP contribution in [0.5, 0.6) is 11.5 Å². The Labute approximate surface area is 169 Å². The lowest BCUT2D eigenvalue weighted by atomic mass is 10.2. The second kappa shape index (κ2) is 8.06. The van der Waals surface area contributed by atoms with Crippen LogP contribution in [-0.2, 0) is 20.2 Å². The highest BCUT2D eigenvalue weighted by molar-refractivity contribution is 7.62. The predicted octanol–water partition coefficient (Wildman–Crippen LogP) is 3.75. The van der Waals surface area contributed by atoms with Gasteiger partial charge in [0.25, 0.3) is 0 Å². The molecular weight excluding hydrogens is 393 g/mol. The smallest absolute Gasteiger partial charge is 0.361 e. The molecular formula is C20H24N3O5P. The molecule has 29 heavy (non-hydrogen) atoms. The molecule has 3 aromatic rings. The average molecular weight is 417 g/mol. The van der Waals surface area contributed by atoms with Gasteiger partial charge < -0.3 is 28.4 Å². The minimum atomic E-state index is -3.29. The summed E-state index contributed by atoms with van der Waals surface area (Å²) < 4.78 is 36.8. The van der Waals surface area contributed by atoms with E-state index in [4.69, 9.17) is 18.5 Å². The van der Waals surface area contributed by atoms with Crippen molar-refractivity contribution in [3.63, 3.8) is 0 Å². The number of benzene rings is 2. The number of imidazole rings is 1. The van der Waals surface area contributed by atoms with Crippen LogP contribution in [0.4, 0.5) is 5.95 Å². The molecule has 154 valence electrons. The number of rotatable bonds is 8. The molecule has 1 aliphatic heterocycles. The van der Waals surface area contributed by atoms with Crippen LogP contribution in [0.1, 0.15) is 19.4 Å². The van der Waals surface area contributed by atoms with E-state index in [0.29, 0.717) is 36.6 Å². The molecule has 0 saturated heterocycles. The third kappa shape index (κ3) is 3.71. The van der Waals surface area contributed by atoms with E-state index in [2.05, 4.69) is 14.9 Å². The van der Waals surface area contributed by atoms with Crippen LogP contribution in [0.15, 0.2) is 36.4 Å². The monoisotopic (exact) mass is 417 g/mol. The number of hydrogen-bond acceptors (Lipinski definition) is 7. The van der Waals surface area contributed by atoms with Crippen molar-refractivity contribution in [2.45, 2.75) is 20.4 Å². The fraction of sp³-hybridized carbons (Fsp3) is 0.350. The Bertz CT molecular complexity index is 1050. The van der Waals surface area contributed by atoms with E-state index in [0.717, 1.165) is 22.5 Å². The average Bonchev–Trinajstić information content (AvgIpc) is 3.31. The number of nitrogens with zero attached hydrogens (tertiary/aromatic N) is 2. The highest BCUT2D eigenvalue weighted by Gasteiger charge is 2.26. The van der Waals surface area contributed by atoms with Crippen LogP contribution in [-0.4, -0.2) is 36.6 Å².